The molecule has 22 heavy (non-hydrogen) atoms. The molecule has 0 aromatic heterocycles. The van der Waals surface area contributed by atoms with E-state index >= 15 is 0 Å². The molecule has 0 aliphatic carbocycles. The lowest BCUT2D eigenvalue weighted by Crippen LogP contribution is -2.20. The molecule has 0 atom stereocenters. The number of rotatable bonds is 4. The number of hydrogen-bond acceptors (Lipinski definition) is 3. The van der Waals surface area contributed by atoms with Crippen LogP contribution < -0.4 is 9.47 Å². The molecule has 3 nitrogen and oxygen atoms in total. The second kappa shape index (κ2) is 6.97. The minimum Gasteiger partial charge on any atom is -0.482 e. The third-order valence-corrected chi connectivity index (χ3v) is 3.61. The smallest absolute Gasteiger partial charge is 0.349 e. The molecule has 0 heterocycles. The fourth-order valence-electron chi connectivity index (χ4n) is 2.01. The van der Waals surface area contributed by atoms with Gasteiger partial charge in [0, 0.05) is 4.47 Å². The maximum absolute atomic E-state index is 11.9. The number of carbonyl (C=O) groups excluding carboxylic acids is 1. The molecule has 0 amide bonds. The fraction of sp³-hybridized carbons (Fsp3) is 0.278. The summed E-state index contributed by atoms with van der Waals surface area (Å²) in [4.78, 5) is 11.9. The van der Waals surface area contributed by atoms with Crippen molar-refractivity contribution in [2.45, 2.75) is 26.2 Å². The molecular weight excluding hydrogens is 344 g/mol. The molecule has 2 aromatic rings. The van der Waals surface area contributed by atoms with Crippen molar-refractivity contribution in [2.75, 3.05) is 6.61 Å². The van der Waals surface area contributed by atoms with Gasteiger partial charge in [-0.3, -0.25) is 0 Å². The highest BCUT2D eigenvalue weighted by atomic mass is 79.9. The van der Waals surface area contributed by atoms with Crippen molar-refractivity contribution in [1.29, 1.82) is 0 Å². The summed E-state index contributed by atoms with van der Waals surface area (Å²) >= 11 is 3.33. The van der Waals surface area contributed by atoms with Gasteiger partial charge in [0.15, 0.2) is 6.61 Å². The van der Waals surface area contributed by atoms with Crippen LogP contribution in [0.4, 0.5) is 0 Å². The number of hydrogen-bond donors (Lipinski definition) is 0. The highest BCUT2D eigenvalue weighted by Crippen LogP contribution is 2.30. The van der Waals surface area contributed by atoms with E-state index in [2.05, 4.69) is 36.7 Å². The summed E-state index contributed by atoms with van der Waals surface area (Å²) in [7, 11) is 0. The molecule has 0 radical (unpaired) electrons. The van der Waals surface area contributed by atoms with E-state index in [1.165, 1.54) is 0 Å². The lowest BCUT2D eigenvalue weighted by Gasteiger charge is -2.22. The summed E-state index contributed by atoms with van der Waals surface area (Å²) in [6.45, 7) is 6.20. The summed E-state index contributed by atoms with van der Waals surface area (Å²) in [6.07, 6.45) is 0. The maximum atomic E-state index is 11.9. The first-order valence-electron chi connectivity index (χ1n) is 7.05. The van der Waals surface area contributed by atoms with E-state index in [4.69, 9.17) is 9.47 Å². The first-order valence-corrected chi connectivity index (χ1v) is 7.84. The molecule has 2 aromatic carbocycles. The van der Waals surface area contributed by atoms with Crippen LogP contribution in [-0.4, -0.2) is 12.6 Å². The van der Waals surface area contributed by atoms with E-state index in [1.54, 1.807) is 12.1 Å². The maximum Gasteiger partial charge on any atom is 0.349 e. The van der Waals surface area contributed by atoms with Gasteiger partial charge in [-0.15, -0.1) is 0 Å². The number of carbonyl (C=O) groups is 1. The average Bonchev–Trinajstić information content (AvgIpc) is 2.47. The van der Waals surface area contributed by atoms with Crippen LogP contribution in [0, 0.1) is 0 Å². The molecule has 0 saturated heterocycles. The Morgan fingerprint density at radius 2 is 1.68 bits per heavy atom. The Kier molecular flexibility index (Phi) is 5.24. The van der Waals surface area contributed by atoms with E-state index in [9.17, 15) is 4.79 Å². The second-order valence-electron chi connectivity index (χ2n) is 5.96. The molecule has 0 aliphatic rings. The zero-order chi connectivity index (χ0) is 16.2. The predicted molar refractivity (Wildman–Crippen MR) is 90.4 cm³/mol. The molecule has 4 heteroatoms. The third-order valence-electron chi connectivity index (χ3n) is 3.09. The molecule has 0 aliphatic heterocycles. The summed E-state index contributed by atoms with van der Waals surface area (Å²) in [5.41, 5.74) is 1.01. The number of para-hydroxylation sites is 1. The number of benzene rings is 2. The molecule has 0 spiro atoms. The number of halogens is 1. The summed E-state index contributed by atoms with van der Waals surface area (Å²) in [5.74, 6) is 0.787. The SMILES string of the molecule is CC(C)(C)c1ccccc1OCC(=O)Oc1ccc(Br)cc1. The lowest BCUT2D eigenvalue weighted by molar-refractivity contribution is -0.136. The van der Waals surface area contributed by atoms with Gasteiger partial charge in [0.2, 0.25) is 0 Å². The van der Waals surface area contributed by atoms with Gasteiger partial charge >= 0.3 is 5.97 Å². The summed E-state index contributed by atoms with van der Waals surface area (Å²) in [5, 5.41) is 0. The predicted octanol–water partition coefficient (Wildman–Crippen LogP) is 4.73. The Labute approximate surface area is 139 Å². The normalized spacial score (nSPS) is 11.1. The van der Waals surface area contributed by atoms with Crippen LogP contribution in [0.15, 0.2) is 53.0 Å². The van der Waals surface area contributed by atoms with Crippen molar-refractivity contribution < 1.29 is 14.3 Å². The van der Waals surface area contributed by atoms with Gasteiger partial charge in [-0.05, 0) is 41.3 Å². The average molecular weight is 363 g/mol. The van der Waals surface area contributed by atoms with Crippen molar-refractivity contribution in [3.63, 3.8) is 0 Å². The Bertz CT molecular complexity index is 642. The topological polar surface area (TPSA) is 35.5 Å². The van der Waals surface area contributed by atoms with Crippen molar-refractivity contribution in [3.8, 4) is 11.5 Å². The van der Waals surface area contributed by atoms with Crippen LogP contribution in [-0.2, 0) is 10.2 Å². The Balaban J connectivity index is 1.98. The molecule has 116 valence electrons. The van der Waals surface area contributed by atoms with Crippen LogP contribution in [0.5, 0.6) is 11.5 Å². The van der Waals surface area contributed by atoms with Crippen molar-refractivity contribution in [2.24, 2.45) is 0 Å². The van der Waals surface area contributed by atoms with E-state index < -0.39 is 5.97 Å². The zero-order valence-corrected chi connectivity index (χ0v) is 14.5. The number of esters is 1. The summed E-state index contributed by atoms with van der Waals surface area (Å²) < 4.78 is 11.8. The van der Waals surface area contributed by atoms with Crippen LogP contribution in [0.25, 0.3) is 0 Å². The molecule has 0 unspecified atom stereocenters. The largest absolute Gasteiger partial charge is 0.482 e. The van der Waals surface area contributed by atoms with E-state index in [1.807, 2.05) is 36.4 Å². The third kappa shape index (κ3) is 4.60. The van der Waals surface area contributed by atoms with Crippen LogP contribution in [0.2, 0.25) is 0 Å². The Morgan fingerprint density at radius 1 is 1.05 bits per heavy atom. The second-order valence-corrected chi connectivity index (χ2v) is 6.88. The molecular formula is C18H19BrO3. The van der Waals surface area contributed by atoms with Crippen LogP contribution in [0.1, 0.15) is 26.3 Å². The number of ether oxygens (including phenoxy) is 2. The first kappa shape index (κ1) is 16.6. The van der Waals surface area contributed by atoms with E-state index in [0.717, 1.165) is 10.0 Å². The first-order chi connectivity index (χ1) is 10.4. The molecule has 2 rings (SSSR count). The highest BCUT2D eigenvalue weighted by Gasteiger charge is 2.19. The molecule has 0 saturated carbocycles. The van der Waals surface area contributed by atoms with E-state index in [0.29, 0.717) is 11.5 Å². The molecule has 0 bridgehead atoms. The van der Waals surface area contributed by atoms with Crippen molar-refractivity contribution >= 4 is 21.9 Å². The van der Waals surface area contributed by atoms with Crippen molar-refractivity contribution in [1.82, 2.24) is 0 Å². The van der Waals surface area contributed by atoms with Gasteiger partial charge in [-0.2, -0.15) is 0 Å². The van der Waals surface area contributed by atoms with E-state index in [-0.39, 0.29) is 12.0 Å². The van der Waals surface area contributed by atoms with Gasteiger partial charge in [-0.25, -0.2) is 4.79 Å². The fourth-order valence-corrected chi connectivity index (χ4v) is 2.28. The quantitative estimate of drug-likeness (QED) is 0.582. The Hall–Kier alpha value is -1.81. The monoisotopic (exact) mass is 362 g/mol. The van der Waals surface area contributed by atoms with Crippen molar-refractivity contribution in [3.05, 3.63) is 58.6 Å². The molecule has 0 N–H and O–H groups in total. The van der Waals surface area contributed by atoms with Gasteiger partial charge in [-0.1, -0.05) is 54.9 Å². The minimum atomic E-state index is -0.425. The Morgan fingerprint density at radius 3 is 2.32 bits per heavy atom. The van der Waals surface area contributed by atoms with Gasteiger partial charge in [0.05, 0.1) is 0 Å². The summed E-state index contributed by atoms with van der Waals surface area (Å²) in [6, 6.07) is 14.8. The van der Waals surface area contributed by atoms with Gasteiger partial charge in [0.25, 0.3) is 0 Å². The lowest BCUT2D eigenvalue weighted by atomic mass is 9.86. The highest BCUT2D eigenvalue weighted by molar-refractivity contribution is 9.10. The minimum absolute atomic E-state index is 0.0494. The van der Waals surface area contributed by atoms with Crippen LogP contribution in [0.3, 0.4) is 0 Å². The standard InChI is InChI=1S/C18H19BrO3/c1-18(2,3)15-6-4-5-7-16(15)21-12-17(20)22-14-10-8-13(19)9-11-14/h4-11H,12H2,1-3H3. The zero-order valence-electron chi connectivity index (χ0n) is 12.9. The molecule has 0 fully saturated rings. The van der Waals surface area contributed by atoms with Gasteiger partial charge in [0.1, 0.15) is 11.5 Å². The van der Waals surface area contributed by atoms with Gasteiger partial charge < -0.3 is 9.47 Å². The van der Waals surface area contributed by atoms with Crippen LogP contribution >= 0.6 is 15.9 Å².